The van der Waals surface area contributed by atoms with Crippen LogP contribution in [0.5, 0.6) is 5.75 Å². The maximum atomic E-state index is 13.4. The molecule has 0 aliphatic carbocycles. The molecule has 0 aliphatic rings. The van der Waals surface area contributed by atoms with Gasteiger partial charge in [-0.1, -0.05) is 0 Å². The van der Waals surface area contributed by atoms with E-state index in [1.165, 1.54) is 33.1 Å². The summed E-state index contributed by atoms with van der Waals surface area (Å²) < 4.78 is 40.9. The molecule has 1 aromatic carbocycles. The van der Waals surface area contributed by atoms with Gasteiger partial charge in [0.15, 0.2) is 21.4 Å². The Labute approximate surface area is 100.0 Å². The molecule has 0 fully saturated rings. The fourth-order valence-electron chi connectivity index (χ4n) is 1.22. The van der Waals surface area contributed by atoms with Crippen LogP contribution in [0, 0.1) is 5.82 Å². The van der Waals surface area contributed by atoms with Crippen LogP contribution in [-0.4, -0.2) is 32.0 Å². The second-order valence-corrected chi connectivity index (χ2v) is 6.80. The van der Waals surface area contributed by atoms with Crippen molar-refractivity contribution in [2.75, 3.05) is 13.7 Å². The molecule has 0 heterocycles. The number of rotatable bonds is 4. The van der Waals surface area contributed by atoms with Gasteiger partial charge in [0.2, 0.25) is 0 Å². The highest BCUT2D eigenvalue weighted by Gasteiger charge is 2.35. The van der Waals surface area contributed by atoms with Crippen LogP contribution < -0.4 is 4.74 Å². The summed E-state index contributed by atoms with van der Waals surface area (Å²) in [6, 6.07) is 3.40. The first kappa shape index (κ1) is 13.9. The van der Waals surface area contributed by atoms with E-state index in [0.29, 0.717) is 0 Å². The summed E-state index contributed by atoms with van der Waals surface area (Å²) >= 11 is 0. The third-order valence-electron chi connectivity index (χ3n) is 2.54. The molecular formula is C11H15FO4S. The summed E-state index contributed by atoms with van der Waals surface area (Å²) in [6.07, 6.45) is 0. The molecule has 0 amide bonds. The van der Waals surface area contributed by atoms with Crippen LogP contribution in [0.3, 0.4) is 0 Å². The van der Waals surface area contributed by atoms with E-state index >= 15 is 0 Å². The molecule has 0 unspecified atom stereocenters. The predicted octanol–water partition coefficient (Wildman–Crippen LogP) is 1.38. The Morgan fingerprint density at radius 3 is 2.41 bits per heavy atom. The molecule has 1 aromatic rings. The van der Waals surface area contributed by atoms with E-state index in [4.69, 9.17) is 9.84 Å². The summed E-state index contributed by atoms with van der Waals surface area (Å²) in [5.41, 5.74) is 0. The average molecular weight is 262 g/mol. The highest BCUT2D eigenvalue weighted by molar-refractivity contribution is 7.92. The van der Waals surface area contributed by atoms with Crippen LogP contribution in [0.25, 0.3) is 0 Å². The van der Waals surface area contributed by atoms with Gasteiger partial charge in [-0.05, 0) is 32.0 Å². The number of sulfone groups is 1. The molecular weight excluding hydrogens is 247 g/mol. The van der Waals surface area contributed by atoms with Gasteiger partial charge in [0, 0.05) is 0 Å². The van der Waals surface area contributed by atoms with E-state index in [2.05, 4.69) is 0 Å². The summed E-state index contributed by atoms with van der Waals surface area (Å²) in [4.78, 5) is -0.171. The van der Waals surface area contributed by atoms with Crippen LogP contribution in [0.1, 0.15) is 13.8 Å². The summed E-state index contributed by atoms with van der Waals surface area (Å²) in [7, 11) is -2.49. The smallest absolute Gasteiger partial charge is 0.185 e. The molecule has 1 rings (SSSR count). The van der Waals surface area contributed by atoms with Gasteiger partial charge in [0.1, 0.15) is 0 Å². The number of halogens is 1. The van der Waals surface area contributed by atoms with Gasteiger partial charge in [-0.2, -0.15) is 0 Å². The van der Waals surface area contributed by atoms with Gasteiger partial charge >= 0.3 is 0 Å². The molecule has 6 heteroatoms. The first-order chi connectivity index (χ1) is 7.76. The Balaban J connectivity index is 3.31. The van der Waals surface area contributed by atoms with Crippen LogP contribution in [0.15, 0.2) is 23.1 Å². The normalized spacial score (nSPS) is 12.5. The summed E-state index contributed by atoms with van der Waals surface area (Å²) in [6.45, 7) is 2.22. The van der Waals surface area contributed by atoms with E-state index in [1.54, 1.807) is 0 Å². The quantitative estimate of drug-likeness (QED) is 0.890. The first-order valence-electron chi connectivity index (χ1n) is 4.95. The van der Waals surface area contributed by atoms with Crippen molar-refractivity contribution in [3.8, 4) is 5.75 Å². The monoisotopic (exact) mass is 262 g/mol. The van der Waals surface area contributed by atoms with Gasteiger partial charge in [-0.3, -0.25) is 0 Å². The van der Waals surface area contributed by atoms with E-state index in [9.17, 15) is 12.8 Å². The van der Waals surface area contributed by atoms with Crippen LogP contribution >= 0.6 is 0 Å². The number of hydrogen-bond donors (Lipinski definition) is 1. The van der Waals surface area contributed by atoms with Gasteiger partial charge in [-0.25, -0.2) is 12.8 Å². The van der Waals surface area contributed by atoms with E-state index in [1.807, 2.05) is 0 Å². The molecule has 0 aliphatic heterocycles. The number of hydrogen-bond acceptors (Lipinski definition) is 4. The highest BCUT2D eigenvalue weighted by Crippen LogP contribution is 2.28. The molecule has 0 aromatic heterocycles. The minimum Gasteiger partial charge on any atom is -0.494 e. The van der Waals surface area contributed by atoms with Crippen molar-refractivity contribution >= 4 is 9.84 Å². The molecule has 0 saturated heterocycles. The number of methoxy groups -OCH3 is 1. The molecule has 0 bridgehead atoms. The minimum atomic E-state index is -3.78. The Morgan fingerprint density at radius 2 is 2.00 bits per heavy atom. The zero-order valence-corrected chi connectivity index (χ0v) is 10.7. The van der Waals surface area contributed by atoms with Crippen LogP contribution in [0.4, 0.5) is 4.39 Å². The SMILES string of the molecule is COc1ccc(S(=O)(=O)C(C)(C)CO)cc1F. The van der Waals surface area contributed by atoms with Crippen LogP contribution in [-0.2, 0) is 9.84 Å². The van der Waals surface area contributed by atoms with Crippen molar-refractivity contribution in [1.82, 2.24) is 0 Å². The minimum absolute atomic E-state index is 0.0224. The van der Waals surface area contributed by atoms with Crippen molar-refractivity contribution in [1.29, 1.82) is 0 Å². The fraction of sp³-hybridized carbons (Fsp3) is 0.455. The third kappa shape index (κ3) is 2.42. The molecule has 4 nitrogen and oxygen atoms in total. The number of aliphatic hydroxyl groups is 1. The van der Waals surface area contributed by atoms with Gasteiger partial charge < -0.3 is 9.84 Å². The van der Waals surface area contributed by atoms with Crippen molar-refractivity contribution in [2.45, 2.75) is 23.5 Å². The Bertz CT molecular complexity index is 508. The second-order valence-electron chi connectivity index (χ2n) is 4.22. The van der Waals surface area contributed by atoms with Crippen molar-refractivity contribution in [3.05, 3.63) is 24.0 Å². The van der Waals surface area contributed by atoms with Crippen molar-refractivity contribution < 1.29 is 22.7 Å². The standard InChI is InChI=1S/C11H15FO4S/c1-11(2,7-13)17(14,15)8-4-5-10(16-3)9(12)6-8/h4-6,13H,7H2,1-3H3. The lowest BCUT2D eigenvalue weighted by Gasteiger charge is -2.22. The topological polar surface area (TPSA) is 63.6 Å². The fourth-order valence-corrected chi connectivity index (χ4v) is 2.53. The first-order valence-corrected chi connectivity index (χ1v) is 6.43. The zero-order valence-electron chi connectivity index (χ0n) is 9.90. The lowest BCUT2D eigenvalue weighted by atomic mass is 10.2. The van der Waals surface area contributed by atoms with E-state index in [0.717, 1.165) is 6.07 Å². The van der Waals surface area contributed by atoms with Crippen LogP contribution in [0.2, 0.25) is 0 Å². The van der Waals surface area contributed by atoms with Crippen molar-refractivity contribution in [3.63, 3.8) is 0 Å². The van der Waals surface area contributed by atoms with Gasteiger partial charge in [0.25, 0.3) is 0 Å². The predicted molar refractivity (Wildman–Crippen MR) is 61.3 cm³/mol. The van der Waals surface area contributed by atoms with E-state index < -0.39 is 27.0 Å². The maximum Gasteiger partial charge on any atom is 0.185 e. The molecule has 0 radical (unpaired) electrons. The third-order valence-corrected chi connectivity index (χ3v) is 5.00. The molecule has 0 spiro atoms. The maximum absolute atomic E-state index is 13.4. The summed E-state index contributed by atoms with van der Waals surface area (Å²) in [5, 5.41) is 9.06. The molecule has 17 heavy (non-hydrogen) atoms. The Hall–Kier alpha value is -1.14. The lowest BCUT2D eigenvalue weighted by Crippen LogP contribution is -2.35. The molecule has 1 N–H and O–H groups in total. The molecule has 0 saturated carbocycles. The van der Waals surface area contributed by atoms with Crippen molar-refractivity contribution in [2.24, 2.45) is 0 Å². The van der Waals surface area contributed by atoms with E-state index in [-0.39, 0.29) is 10.6 Å². The highest BCUT2D eigenvalue weighted by atomic mass is 32.2. The molecule has 96 valence electrons. The number of aliphatic hydroxyl groups excluding tert-OH is 1. The second kappa shape index (κ2) is 4.62. The number of ether oxygens (including phenoxy) is 1. The largest absolute Gasteiger partial charge is 0.494 e. The molecule has 0 atom stereocenters. The number of benzene rings is 1. The van der Waals surface area contributed by atoms with Gasteiger partial charge in [-0.15, -0.1) is 0 Å². The van der Waals surface area contributed by atoms with Gasteiger partial charge in [0.05, 0.1) is 23.4 Å². The Kier molecular flexibility index (Phi) is 3.78. The summed E-state index contributed by atoms with van der Waals surface area (Å²) in [5.74, 6) is -0.770. The average Bonchev–Trinajstić information content (AvgIpc) is 2.28. The zero-order chi connectivity index (χ0) is 13.3. The Morgan fingerprint density at radius 1 is 1.41 bits per heavy atom. The lowest BCUT2D eigenvalue weighted by molar-refractivity contribution is 0.258.